The lowest BCUT2D eigenvalue weighted by Gasteiger charge is -2.47. The second kappa shape index (κ2) is 5.35. The molecule has 3 aliphatic heterocycles. The highest BCUT2D eigenvalue weighted by molar-refractivity contribution is 8.00. The third-order valence-corrected chi connectivity index (χ3v) is 5.82. The van der Waals surface area contributed by atoms with Crippen LogP contribution in [0.3, 0.4) is 0 Å². The van der Waals surface area contributed by atoms with Gasteiger partial charge in [-0.2, -0.15) is 0 Å². The highest BCUT2D eigenvalue weighted by Crippen LogP contribution is 2.39. The molecular weight excluding hydrogens is 334 g/mol. The maximum absolute atomic E-state index is 12.0. The number of nitrogens with two attached hydrogens (primary N) is 1. The van der Waals surface area contributed by atoms with Gasteiger partial charge in [-0.1, -0.05) is 0 Å². The van der Waals surface area contributed by atoms with Crippen molar-refractivity contribution in [2.45, 2.75) is 30.9 Å². The molecule has 10 heteroatoms. The first kappa shape index (κ1) is 15.2. The minimum Gasteiger partial charge on any atom is -0.477 e. The van der Waals surface area contributed by atoms with Gasteiger partial charge in [-0.15, -0.1) is 21.1 Å². The van der Waals surface area contributed by atoms with Crippen LogP contribution in [0.25, 0.3) is 0 Å². The Morgan fingerprint density at radius 1 is 1.50 bits per heavy atom. The Bertz CT molecular complexity index is 801. The molecule has 2 amide bonds. The Morgan fingerprint density at radius 2 is 2.29 bits per heavy atom. The minimum atomic E-state index is -1.12. The van der Waals surface area contributed by atoms with Gasteiger partial charge in [0.25, 0.3) is 0 Å². The quantitative estimate of drug-likeness (QED) is 0.460. The van der Waals surface area contributed by atoms with Crippen molar-refractivity contribution in [3.05, 3.63) is 23.5 Å². The van der Waals surface area contributed by atoms with Crippen molar-refractivity contribution in [3.8, 4) is 0 Å². The van der Waals surface area contributed by atoms with Crippen molar-refractivity contribution in [2.24, 2.45) is 5.73 Å². The van der Waals surface area contributed by atoms with Gasteiger partial charge in [0, 0.05) is 11.3 Å². The fourth-order valence-corrected chi connectivity index (χ4v) is 4.55. The number of rotatable bonds is 3. The number of carboxylic acids is 1. The molecule has 0 radical (unpaired) electrons. The molecule has 4 rings (SSSR count). The summed E-state index contributed by atoms with van der Waals surface area (Å²) in [7, 11) is 0. The van der Waals surface area contributed by atoms with E-state index in [9.17, 15) is 19.5 Å². The average molecular weight is 350 g/mol. The summed E-state index contributed by atoms with van der Waals surface area (Å²) in [5.74, 6) is -0.308. The summed E-state index contributed by atoms with van der Waals surface area (Å²) in [5, 5.41) is 12.0. The zero-order valence-electron chi connectivity index (χ0n) is 12.6. The third kappa shape index (κ3) is 2.13. The van der Waals surface area contributed by atoms with E-state index in [4.69, 9.17) is 5.73 Å². The molecule has 3 aliphatic rings. The number of carboxylic acid groups (broad SMARTS) is 1. The van der Waals surface area contributed by atoms with Crippen molar-refractivity contribution in [2.75, 3.05) is 11.1 Å². The largest absolute Gasteiger partial charge is 0.477 e. The number of fused-ring (bicyclic) bond motifs is 2. The summed E-state index contributed by atoms with van der Waals surface area (Å²) in [5.41, 5.74) is 6.44. The molecule has 0 bridgehead atoms. The molecule has 1 aromatic heterocycles. The first-order valence-electron chi connectivity index (χ1n) is 7.52. The maximum atomic E-state index is 12.0. The van der Waals surface area contributed by atoms with Crippen molar-refractivity contribution >= 4 is 35.4 Å². The van der Waals surface area contributed by atoms with Gasteiger partial charge in [0.15, 0.2) is 18.6 Å². The molecule has 126 valence electrons. The van der Waals surface area contributed by atoms with E-state index in [-0.39, 0.29) is 22.9 Å². The van der Waals surface area contributed by atoms with E-state index in [1.54, 1.807) is 12.3 Å². The van der Waals surface area contributed by atoms with Crippen molar-refractivity contribution in [3.63, 3.8) is 0 Å². The molecule has 1 fully saturated rings. The monoisotopic (exact) mass is 350 g/mol. The number of aliphatic carboxylic acids is 1. The van der Waals surface area contributed by atoms with E-state index in [0.717, 1.165) is 0 Å². The summed E-state index contributed by atoms with van der Waals surface area (Å²) >= 11 is 1.48. The van der Waals surface area contributed by atoms with Crippen LogP contribution < -0.4 is 15.7 Å². The van der Waals surface area contributed by atoms with E-state index in [2.05, 4.69) is 5.32 Å². The van der Waals surface area contributed by atoms with Crippen molar-refractivity contribution in [1.29, 1.82) is 0 Å². The number of carbonyl (C=O) groups is 3. The molecular formula is C14H16N5O4S+. The number of nitrogens with zero attached hydrogens (tertiary/aromatic N) is 3. The number of amides is 2. The Morgan fingerprint density at radius 3 is 3.04 bits per heavy atom. The molecule has 9 nitrogen and oxygen atoms in total. The normalized spacial score (nSPS) is 25.8. The first-order valence-corrected chi connectivity index (χ1v) is 8.57. The smallest absolute Gasteiger partial charge is 0.352 e. The molecule has 0 unspecified atom stereocenters. The second-order valence-electron chi connectivity index (χ2n) is 5.91. The van der Waals surface area contributed by atoms with Crippen LogP contribution in [-0.2, 0) is 27.5 Å². The van der Waals surface area contributed by atoms with Gasteiger partial charge in [0.1, 0.15) is 17.1 Å². The number of β-lactam (4-membered cyclic amide) rings is 1. The fourth-order valence-electron chi connectivity index (χ4n) is 3.26. The number of carbonyl (C=O) groups excluding carboxylic acids is 2. The Balaban J connectivity index is 1.67. The average Bonchev–Trinajstić information content (AvgIpc) is 2.95. The van der Waals surface area contributed by atoms with E-state index in [0.29, 0.717) is 36.7 Å². The lowest BCUT2D eigenvalue weighted by atomic mass is 10.0. The molecule has 0 aromatic carbocycles. The van der Waals surface area contributed by atoms with Crippen LogP contribution in [0.2, 0.25) is 0 Å². The number of hydrogen-bond acceptors (Lipinski definition) is 5. The number of aromatic nitrogens is 2. The van der Waals surface area contributed by atoms with Crippen LogP contribution in [0.4, 0.5) is 5.82 Å². The fraction of sp³-hybridized carbons (Fsp3) is 0.429. The molecule has 0 aliphatic carbocycles. The summed E-state index contributed by atoms with van der Waals surface area (Å²) in [6.07, 6.45) is 2.18. The van der Waals surface area contributed by atoms with E-state index in [1.165, 1.54) is 16.7 Å². The predicted molar refractivity (Wildman–Crippen MR) is 83.6 cm³/mol. The number of nitrogens with one attached hydrogen (secondary N) is 1. The van der Waals surface area contributed by atoms with E-state index in [1.807, 2.05) is 9.36 Å². The van der Waals surface area contributed by atoms with Crippen molar-refractivity contribution in [1.82, 2.24) is 9.58 Å². The van der Waals surface area contributed by atoms with Gasteiger partial charge in [-0.25, -0.2) is 4.79 Å². The topological polar surface area (TPSA) is 122 Å². The van der Waals surface area contributed by atoms with Crippen molar-refractivity contribution < 1.29 is 24.2 Å². The second-order valence-corrected chi connectivity index (χ2v) is 7.02. The Hall–Kier alpha value is -2.33. The van der Waals surface area contributed by atoms with Gasteiger partial charge in [-0.05, 0) is 0 Å². The summed E-state index contributed by atoms with van der Waals surface area (Å²) in [6, 6.07) is 1.15. The van der Waals surface area contributed by atoms with Crippen LogP contribution in [0.1, 0.15) is 6.42 Å². The van der Waals surface area contributed by atoms with Gasteiger partial charge in [0.2, 0.25) is 11.8 Å². The van der Waals surface area contributed by atoms with Crippen LogP contribution in [-0.4, -0.2) is 49.6 Å². The van der Waals surface area contributed by atoms with Crippen LogP contribution in [0.15, 0.2) is 23.5 Å². The molecule has 4 heterocycles. The van der Waals surface area contributed by atoms with Gasteiger partial charge in [-0.3, -0.25) is 14.5 Å². The lowest BCUT2D eigenvalue weighted by molar-refractivity contribution is -0.767. The first-order chi connectivity index (χ1) is 11.5. The molecule has 24 heavy (non-hydrogen) atoms. The summed E-state index contributed by atoms with van der Waals surface area (Å²) in [6.45, 7) is 0.878. The zero-order valence-corrected chi connectivity index (χ0v) is 13.5. The molecule has 0 saturated carbocycles. The van der Waals surface area contributed by atoms with Crippen LogP contribution in [0.5, 0.6) is 0 Å². The van der Waals surface area contributed by atoms with Crippen LogP contribution in [0, 0.1) is 0 Å². The predicted octanol–water partition coefficient (Wildman–Crippen LogP) is -1.30. The summed E-state index contributed by atoms with van der Waals surface area (Å²) in [4.78, 5) is 36.4. The van der Waals surface area contributed by atoms with Gasteiger partial charge < -0.3 is 16.2 Å². The number of thioether (sulfide) groups is 1. The lowest BCUT2D eigenvalue weighted by Crippen LogP contribution is -2.68. The Kier molecular flexibility index (Phi) is 3.39. The molecule has 4 N–H and O–H groups in total. The Labute approximate surface area is 141 Å². The van der Waals surface area contributed by atoms with Gasteiger partial charge in [0.05, 0.1) is 19.0 Å². The van der Waals surface area contributed by atoms with E-state index < -0.39 is 12.0 Å². The van der Waals surface area contributed by atoms with E-state index >= 15 is 0 Å². The minimum absolute atomic E-state index is 0.0329. The summed E-state index contributed by atoms with van der Waals surface area (Å²) < 4.78 is 3.76. The highest BCUT2D eigenvalue weighted by Gasteiger charge is 2.52. The maximum Gasteiger partial charge on any atom is 0.352 e. The molecule has 2 atom stereocenters. The molecule has 1 saturated heterocycles. The molecule has 1 aromatic rings. The zero-order chi connectivity index (χ0) is 17.0. The number of hydrogen-bond donors (Lipinski definition) is 3. The van der Waals surface area contributed by atoms with Crippen LogP contribution >= 0.6 is 11.8 Å². The molecule has 0 spiro atoms. The number of anilines is 1. The van der Waals surface area contributed by atoms with Gasteiger partial charge >= 0.3 is 5.97 Å². The standard InChI is InChI=1S/C14H15N5O4S/c15-10-12(21)19-11(14(22)23)7(6-24-13(10)19)5-17-3-1-8-16-9(20)2-4-18(8)17/h1,3,10,13H,2,4-6,15H2,(H,22,23)/p+1/t10-,13-/m1/s1. The highest BCUT2D eigenvalue weighted by atomic mass is 32.2. The third-order valence-electron chi connectivity index (χ3n) is 4.45. The SMILES string of the molecule is N[C@@H]1C(=O)N2C(C(=O)O)=C(C[n+]3ccc4n3CCC(=O)N4)CS[C@H]12.